The van der Waals surface area contributed by atoms with Crippen molar-refractivity contribution in [3.05, 3.63) is 33.8 Å². The molecule has 0 aliphatic carbocycles. The summed E-state index contributed by atoms with van der Waals surface area (Å²) >= 11 is 11.7. The van der Waals surface area contributed by atoms with E-state index in [1.807, 2.05) is 0 Å². The van der Waals surface area contributed by atoms with Crippen LogP contribution in [0.2, 0.25) is 10.0 Å². The van der Waals surface area contributed by atoms with Crippen LogP contribution in [0.5, 0.6) is 0 Å². The molecule has 0 radical (unpaired) electrons. The van der Waals surface area contributed by atoms with Gasteiger partial charge in [-0.25, -0.2) is 0 Å². The molecule has 1 unspecified atom stereocenters. The number of imide groups is 1. The molecule has 0 spiro atoms. The first-order valence-electron chi connectivity index (χ1n) is 5.50. The molecule has 96 valence electrons. The van der Waals surface area contributed by atoms with Crippen LogP contribution in [0.3, 0.4) is 0 Å². The lowest BCUT2D eigenvalue weighted by molar-refractivity contribution is -0.149. The molecule has 1 saturated heterocycles. The van der Waals surface area contributed by atoms with Crippen molar-refractivity contribution in [3.8, 4) is 0 Å². The third kappa shape index (κ3) is 2.66. The fourth-order valence-electron chi connectivity index (χ4n) is 1.77. The largest absolute Gasteiger partial charge is 0.298 e. The number of halogens is 2. The first-order chi connectivity index (χ1) is 8.49. The van der Waals surface area contributed by atoms with Crippen LogP contribution in [0, 0.1) is 0 Å². The van der Waals surface area contributed by atoms with Crippen LogP contribution in [0.15, 0.2) is 18.2 Å². The van der Waals surface area contributed by atoms with Gasteiger partial charge in [0.2, 0.25) is 11.8 Å². The van der Waals surface area contributed by atoms with E-state index in [4.69, 9.17) is 23.2 Å². The standard InChI is InChI=1S/C12H12Cl2N2O2/c1-7-12(18)16(11(17)5-15-7)6-8-2-3-9(13)10(14)4-8/h2-4,7,15H,5-6H2,1H3. The van der Waals surface area contributed by atoms with Crippen LogP contribution in [0.1, 0.15) is 12.5 Å². The van der Waals surface area contributed by atoms with Gasteiger partial charge in [0.1, 0.15) is 0 Å². The van der Waals surface area contributed by atoms with Gasteiger partial charge < -0.3 is 0 Å². The molecule has 6 heteroatoms. The zero-order chi connectivity index (χ0) is 13.3. The van der Waals surface area contributed by atoms with E-state index in [-0.39, 0.29) is 30.9 Å². The van der Waals surface area contributed by atoms with Gasteiger partial charge in [0, 0.05) is 0 Å². The molecule has 0 aromatic heterocycles. The van der Waals surface area contributed by atoms with E-state index in [9.17, 15) is 9.59 Å². The molecule has 0 bridgehead atoms. The maximum absolute atomic E-state index is 11.9. The lowest BCUT2D eigenvalue weighted by Crippen LogP contribution is -2.56. The molecule has 1 N–H and O–H groups in total. The molecular weight excluding hydrogens is 275 g/mol. The SMILES string of the molecule is CC1NCC(=O)N(Cc2ccc(Cl)c(Cl)c2)C1=O. The van der Waals surface area contributed by atoms with Gasteiger partial charge in [0.15, 0.2) is 0 Å². The number of nitrogens with zero attached hydrogens (tertiary/aromatic N) is 1. The third-order valence-electron chi connectivity index (χ3n) is 2.82. The summed E-state index contributed by atoms with van der Waals surface area (Å²) in [6.45, 7) is 2.13. The second-order valence-corrected chi connectivity index (χ2v) is 4.98. The Bertz CT molecular complexity index is 505. The van der Waals surface area contributed by atoms with Gasteiger partial charge in [-0.1, -0.05) is 29.3 Å². The van der Waals surface area contributed by atoms with Crippen LogP contribution in [-0.4, -0.2) is 29.3 Å². The highest BCUT2D eigenvalue weighted by atomic mass is 35.5. The van der Waals surface area contributed by atoms with Crippen molar-refractivity contribution in [1.82, 2.24) is 10.2 Å². The predicted molar refractivity (Wildman–Crippen MR) is 69.5 cm³/mol. The van der Waals surface area contributed by atoms with Gasteiger partial charge in [-0.3, -0.25) is 19.8 Å². The van der Waals surface area contributed by atoms with Crippen molar-refractivity contribution >= 4 is 35.0 Å². The Morgan fingerprint density at radius 2 is 2.06 bits per heavy atom. The number of amides is 2. The Labute approximate surface area is 115 Å². The molecule has 1 aromatic carbocycles. The Morgan fingerprint density at radius 1 is 1.33 bits per heavy atom. The minimum absolute atomic E-state index is 0.175. The Balaban J connectivity index is 2.18. The van der Waals surface area contributed by atoms with Crippen molar-refractivity contribution in [2.24, 2.45) is 0 Å². The third-order valence-corrected chi connectivity index (χ3v) is 3.56. The fraction of sp³-hybridized carbons (Fsp3) is 0.333. The molecular formula is C12H12Cl2N2O2. The zero-order valence-electron chi connectivity index (χ0n) is 9.74. The molecule has 2 amide bonds. The van der Waals surface area contributed by atoms with Crippen LogP contribution < -0.4 is 5.32 Å². The minimum atomic E-state index is -0.342. The summed E-state index contributed by atoms with van der Waals surface area (Å²) in [5, 5.41) is 3.69. The normalized spacial score (nSPS) is 20.4. The number of carbonyl (C=O) groups excluding carboxylic acids is 2. The molecule has 0 saturated carbocycles. The van der Waals surface area contributed by atoms with Crippen LogP contribution in [0.25, 0.3) is 0 Å². The van der Waals surface area contributed by atoms with Crippen LogP contribution >= 0.6 is 23.2 Å². The summed E-state index contributed by atoms with van der Waals surface area (Å²) in [5.41, 5.74) is 0.778. The first kappa shape index (κ1) is 13.3. The molecule has 1 atom stereocenters. The molecule has 1 aromatic rings. The molecule has 4 nitrogen and oxygen atoms in total. The average Bonchev–Trinajstić information content (AvgIpc) is 2.34. The quantitative estimate of drug-likeness (QED) is 0.844. The number of rotatable bonds is 2. The second-order valence-electron chi connectivity index (χ2n) is 4.17. The zero-order valence-corrected chi connectivity index (χ0v) is 11.3. The lowest BCUT2D eigenvalue weighted by atomic mass is 10.1. The minimum Gasteiger partial charge on any atom is -0.298 e. The lowest BCUT2D eigenvalue weighted by Gasteiger charge is -2.29. The highest BCUT2D eigenvalue weighted by Crippen LogP contribution is 2.23. The van der Waals surface area contributed by atoms with E-state index in [1.165, 1.54) is 4.90 Å². The monoisotopic (exact) mass is 286 g/mol. The first-order valence-corrected chi connectivity index (χ1v) is 6.26. The highest BCUT2D eigenvalue weighted by molar-refractivity contribution is 6.42. The maximum Gasteiger partial charge on any atom is 0.246 e. The van der Waals surface area contributed by atoms with Crippen molar-refractivity contribution in [3.63, 3.8) is 0 Å². The number of benzene rings is 1. The fourth-order valence-corrected chi connectivity index (χ4v) is 2.09. The predicted octanol–water partition coefficient (Wildman–Crippen LogP) is 1.84. The van der Waals surface area contributed by atoms with Crippen molar-refractivity contribution in [2.45, 2.75) is 19.5 Å². The van der Waals surface area contributed by atoms with Gasteiger partial charge >= 0.3 is 0 Å². The van der Waals surface area contributed by atoms with E-state index >= 15 is 0 Å². The number of nitrogens with one attached hydrogen (secondary N) is 1. The van der Waals surface area contributed by atoms with Gasteiger partial charge in [-0.2, -0.15) is 0 Å². The highest BCUT2D eigenvalue weighted by Gasteiger charge is 2.30. The van der Waals surface area contributed by atoms with Gasteiger partial charge in [0.05, 0.1) is 29.2 Å². The molecule has 2 rings (SSSR count). The van der Waals surface area contributed by atoms with E-state index in [0.717, 1.165) is 5.56 Å². The van der Waals surface area contributed by atoms with E-state index in [2.05, 4.69) is 5.32 Å². The number of hydrogen-bond donors (Lipinski definition) is 1. The van der Waals surface area contributed by atoms with E-state index in [1.54, 1.807) is 25.1 Å². The second kappa shape index (κ2) is 5.26. The molecule has 1 fully saturated rings. The summed E-state index contributed by atoms with van der Waals surface area (Å²) in [5.74, 6) is -0.457. The van der Waals surface area contributed by atoms with Gasteiger partial charge in [-0.15, -0.1) is 0 Å². The number of piperazine rings is 1. The van der Waals surface area contributed by atoms with Crippen molar-refractivity contribution in [1.29, 1.82) is 0 Å². The Hall–Kier alpha value is -1.10. The topological polar surface area (TPSA) is 49.4 Å². The summed E-state index contributed by atoms with van der Waals surface area (Å²) < 4.78 is 0. The summed E-state index contributed by atoms with van der Waals surface area (Å²) in [4.78, 5) is 24.8. The van der Waals surface area contributed by atoms with E-state index in [0.29, 0.717) is 10.0 Å². The van der Waals surface area contributed by atoms with Crippen molar-refractivity contribution in [2.75, 3.05) is 6.54 Å². The van der Waals surface area contributed by atoms with Crippen molar-refractivity contribution < 1.29 is 9.59 Å². The average molecular weight is 287 g/mol. The summed E-state index contributed by atoms with van der Waals surface area (Å²) in [6.07, 6.45) is 0. The number of carbonyl (C=O) groups is 2. The maximum atomic E-state index is 11.9. The molecule has 1 aliphatic rings. The summed E-state index contributed by atoms with van der Waals surface area (Å²) in [7, 11) is 0. The Morgan fingerprint density at radius 3 is 2.72 bits per heavy atom. The Kier molecular flexibility index (Phi) is 3.90. The van der Waals surface area contributed by atoms with Gasteiger partial charge in [-0.05, 0) is 24.6 Å². The van der Waals surface area contributed by atoms with E-state index < -0.39 is 0 Å². The van der Waals surface area contributed by atoms with Gasteiger partial charge in [0.25, 0.3) is 0 Å². The molecule has 1 heterocycles. The number of hydrogen-bond acceptors (Lipinski definition) is 3. The molecule has 18 heavy (non-hydrogen) atoms. The molecule has 1 aliphatic heterocycles. The smallest absolute Gasteiger partial charge is 0.246 e. The van der Waals surface area contributed by atoms with Crippen LogP contribution in [-0.2, 0) is 16.1 Å². The summed E-state index contributed by atoms with van der Waals surface area (Å²) in [6, 6.07) is 4.73. The van der Waals surface area contributed by atoms with Crippen LogP contribution in [0.4, 0.5) is 0 Å².